The van der Waals surface area contributed by atoms with Crippen molar-refractivity contribution < 1.29 is 19.1 Å². The number of ether oxygens (including phenoxy) is 1. The van der Waals surface area contributed by atoms with E-state index in [2.05, 4.69) is 17.6 Å². The van der Waals surface area contributed by atoms with Crippen LogP contribution in [0.3, 0.4) is 0 Å². The quantitative estimate of drug-likeness (QED) is 0.553. The Hall–Kier alpha value is -2.57. The van der Waals surface area contributed by atoms with E-state index in [4.69, 9.17) is 4.74 Å². The molecule has 1 aromatic carbocycles. The van der Waals surface area contributed by atoms with Crippen molar-refractivity contribution in [3.8, 4) is 0 Å². The Balaban J connectivity index is 3.35. The Morgan fingerprint density at radius 2 is 1.52 bits per heavy atom. The van der Waals surface area contributed by atoms with E-state index < -0.39 is 23.8 Å². The molecule has 3 unspecified atom stereocenters. The minimum atomic E-state index is -0.864. The summed E-state index contributed by atoms with van der Waals surface area (Å²) < 4.78 is 5.30. The zero-order chi connectivity index (χ0) is 25.5. The molecule has 7 heteroatoms. The van der Waals surface area contributed by atoms with Crippen LogP contribution >= 0.6 is 0 Å². The number of alkyl carbamates (subject to hydrolysis) is 1. The van der Waals surface area contributed by atoms with Crippen LogP contribution < -0.4 is 10.6 Å². The molecule has 0 fully saturated rings. The van der Waals surface area contributed by atoms with Crippen LogP contribution in [-0.4, -0.2) is 46.5 Å². The van der Waals surface area contributed by atoms with Crippen molar-refractivity contribution in [2.75, 3.05) is 0 Å². The molecular formula is C26H43N3O4. The van der Waals surface area contributed by atoms with E-state index in [9.17, 15) is 14.4 Å². The predicted molar refractivity (Wildman–Crippen MR) is 132 cm³/mol. The number of rotatable bonds is 9. The molecule has 0 radical (unpaired) electrons. The van der Waals surface area contributed by atoms with E-state index in [-0.39, 0.29) is 23.9 Å². The van der Waals surface area contributed by atoms with Gasteiger partial charge in [-0.05, 0) is 74.3 Å². The van der Waals surface area contributed by atoms with E-state index >= 15 is 0 Å². The largest absolute Gasteiger partial charge is 0.444 e. The molecule has 186 valence electrons. The summed E-state index contributed by atoms with van der Waals surface area (Å²) in [6, 6.07) is 3.93. The van der Waals surface area contributed by atoms with E-state index in [1.807, 2.05) is 52.8 Å². The number of benzene rings is 1. The fourth-order valence-electron chi connectivity index (χ4n) is 3.88. The van der Waals surface area contributed by atoms with Crippen molar-refractivity contribution in [1.82, 2.24) is 15.5 Å². The van der Waals surface area contributed by atoms with Gasteiger partial charge < -0.3 is 20.3 Å². The highest BCUT2D eigenvalue weighted by molar-refractivity contribution is 5.92. The average molecular weight is 462 g/mol. The van der Waals surface area contributed by atoms with Gasteiger partial charge in [0.2, 0.25) is 11.8 Å². The zero-order valence-corrected chi connectivity index (χ0v) is 22.0. The Kier molecular flexibility index (Phi) is 10.4. The van der Waals surface area contributed by atoms with Crippen LogP contribution in [0, 0.1) is 13.8 Å². The maximum absolute atomic E-state index is 13.6. The fraction of sp³-hybridized carbons (Fsp3) is 0.654. The molecule has 0 saturated heterocycles. The molecule has 0 aliphatic heterocycles. The van der Waals surface area contributed by atoms with Crippen LogP contribution in [0.1, 0.15) is 91.0 Å². The fourth-order valence-corrected chi connectivity index (χ4v) is 3.88. The lowest BCUT2D eigenvalue weighted by atomic mass is 9.97. The predicted octanol–water partition coefficient (Wildman–Crippen LogP) is 4.80. The van der Waals surface area contributed by atoms with Gasteiger partial charge in [0, 0.05) is 12.1 Å². The van der Waals surface area contributed by atoms with Gasteiger partial charge in [-0.1, -0.05) is 42.7 Å². The van der Waals surface area contributed by atoms with Crippen molar-refractivity contribution in [2.24, 2.45) is 0 Å². The lowest BCUT2D eigenvalue weighted by Gasteiger charge is -2.37. The van der Waals surface area contributed by atoms with E-state index in [0.29, 0.717) is 0 Å². The second-order valence-corrected chi connectivity index (χ2v) is 10.2. The third-order valence-corrected chi connectivity index (χ3v) is 5.11. The van der Waals surface area contributed by atoms with E-state index in [1.54, 1.807) is 32.6 Å². The molecule has 0 heterocycles. The lowest BCUT2D eigenvalue weighted by molar-refractivity contribution is -0.144. The minimum Gasteiger partial charge on any atom is -0.444 e. The summed E-state index contributed by atoms with van der Waals surface area (Å²) in [5.74, 6) is -0.578. The third-order valence-electron chi connectivity index (χ3n) is 5.11. The number of carbonyl (C=O) groups is 3. The number of hydrogen-bond acceptors (Lipinski definition) is 4. The standard InChI is InChI=1S/C26H43N3O4/c1-11-12-19(6)27-23(30)22(21-14-17(4)13-18(5)15-21)29(16(2)3)24(31)20(7)28-25(32)33-26(8,9)10/h13-16,19-20,22H,11-12H2,1-10H3,(H,27,30)(H,28,32). The van der Waals surface area contributed by atoms with E-state index in [1.165, 1.54) is 0 Å². The molecule has 3 atom stereocenters. The van der Waals surface area contributed by atoms with Crippen LogP contribution in [0.5, 0.6) is 0 Å². The van der Waals surface area contributed by atoms with Gasteiger partial charge in [-0.3, -0.25) is 9.59 Å². The van der Waals surface area contributed by atoms with Gasteiger partial charge in [-0.2, -0.15) is 0 Å². The first kappa shape index (κ1) is 28.5. The second kappa shape index (κ2) is 12.1. The van der Waals surface area contributed by atoms with Crippen molar-refractivity contribution >= 4 is 17.9 Å². The molecule has 2 N–H and O–H groups in total. The van der Waals surface area contributed by atoms with Gasteiger partial charge >= 0.3 is 6.09 Å². The number of aryl methyl sites for hydroxylation is 2. The number of carbonyl (C=O) groups excluding carboxylic acids is 3. The summed E-state index contributed by atoms with van der Waals surface area (Å²) in [4.78, 5) is 40.9. The highest BCUT2D eigenvalue weighted by atomic mass is 16.6. The summed E-state index contributed by atoms with van der Waals surface area (Å²) >= 11 is 0. The van der Waals surface area contributed by atoms with Crippen LogP contribution in [0.4, 0.5) is 4.79 Å². The Labute approximate surface area is 199 Å². The molecule has 33 heavy (non-hydrogen) atoms. The highest BCUT2D eigenvalue weighted by Crippen LogP contribution is 2.27. The van der Waals surface area contributed by atoms with Gasteiger partial charge in [0.1, 0.15) is 17.7 Å². The molecule has 7 nitrogen and oxygen atoms in total. The van der Waals surface area contributed by atoms with Gasteiger partial charge in [-0.15, -0.1) is 0 Å². The number of nitrogens with one attached hydrogen (secondary N) is 2. The topological polar surface area (TPSA) is 87.7 Å². The molecule has 0 aliphatic rings. The monoisotopic (exact) mass is 461 g/mol. The highest BCUT2D eigenvalue weighted by Gasteiger charge is 2.36. The first-order valence-electron chi connectivity index (χ1n) is 11.9. The molecular weight excluding hydrogens is 418 g/mol. The maximum Gasteiger partial charge on any atom is 0.408 e. The number of nitrogens with zero attached hydrogens (tertiary/aromatic N) is 1. The Bertz CT molecular complexity index is 809. The molecule has 0 saturated carbocycles. The second-order valence-electron chi connectivity index (χ2n) is 10.2. The SMILES string of the molecule is CCCC(C)NC(=O)C(c1cc(C)cc(C)c1)N(C(=O)C(C)NC(=O)OC(C)(C)C)C(C)C. The summed E-state index contributed by atoms with van der Waals surface area (Å²) in [6.07, 6.45) is 1.12. The summed E-state index contributed by atoms with van der Waals surface area (Å²) in [5, 5.41) is 5.69. The minimum absolute atomic E-state index is 0.0164. The van der Waals surface area contributed by atoms with Gasteiger partial charge in [-0.25, -0.2) is 4.79 Å². The van der Waals surface area contributed by atoms with Crippen molar-refractivity contribution in [1.29, 1.82) is 0 Å². The van der Waals surface area contributed by atoms with Crippen molar-refractivity contribution in [3.05, 3.63) is 34.9 Å². The molecule has 1 rings (SSSR count). The molecule has 0 aliphatic carbocycles. The zero-order valence-electron chi connectivity index (χ0n) is 22.0. The average Bonchev–Trinajstić information content (AvgIpc) is 2.62. The summed E-state index contributed by atoms with van der Waals surface area (Å²) in [6.45, 7) is 18.6. The molecule has 3 amide bonds. The Morgan fingerprint density at radius 3 is 1.97 bits per heavy atom. The molecule has 1 aromatic rings. The van der Waals surface area contributed by atoms with Crippen molar-refractivity contribution in [2.45, 2.75) is 112 Å². The molecule has 0 bridgehead atoms. The Morgan fingerprint density at radius 1 is 0.970 bits per heavy atom. The van der Waals surface area contributed by atoms with Gasteiger partial charge in [0.25, 0.3) is 0 Å². The van der Waals surface area contributed by atoms with Gasteiger partial charge in [0.05, 0.1) is 0 Å². The van der Waals surface area contributed by atoms with Crippen LogP contribution in [0.2, 0.25) is 0 Å². The normalized spacial score (nSPS) is 14.3. The number of amides is 3. The third kappa shape index (κ3) is 9.06. The smallest absolute Gasteiger partial charge is 0.408 e. The molecule has 0 aromatic heterocycles. The van der Waals surface area contributed by atoms with E-state index in [0.717, 1.165) is 29.5 Å². The van der Waals surface area contributed by atoms with Crippen LogP contribution in [-0.2, 0) is 14.3 Å². The summed E-state index contributed by atoms with van der Waals surface area (Å²) in [5.41, 5.74) is 2.10. The first-order valence-corrected chi connectivity index (χ1v) is 11.9. The first-order chi connectivity index (χ1) is 15.2. The van der Waals surface area contributed by atoms with Crippen LogP contribution in [0.15, 0.2) is 18.2 Å². The van der Waals surface area contributed by atoms with Gasteiger partial charge in [0.15, 0.2) is 0 Å². The molecule has 0 spiro atoms. The van der Waals surface area contributed by atoms with Crippen LogP contribution in [0.25, 0.3) is 0 Å². The maximum atomic E-state index is 13.6. The lowest BCUT2D eigenvalue weighted by Crippen LogP contribution is -2.54. The van der Waals surface area contributed by atoms with Crippen molar-refractivity contribution in [3.63, 3.8) is 0 Å². The summed E-state index contributed by atoms with van der Waals surface area (Å²) in [7, 11) is 0. The number of hydrogen-bond donors (Lipinski definition) is 2.